The molecule has 0 saturated heterocycles. The monoisotopic (exact) mass is 342 g/mol. The number of carbonyl (C=O) groups excluding carboxylic acids is 1. The van der Waals surface area contributed by atoms with E-state index in [9.17, 15) is 4.79 Å². The Morgan fingerprint density at radius 1 is 1.46 bits per heavy atom. The standard InChI is InChI=1S/C17H18N4O2S/c1-4-13-15(16(22)23-3)24-17(20-13)21-18-9-12-10(2)19-14-8-6-5-7-11(12)14/h5-9,19H,4H2,1-3H3,(H,20,21)/b18-9-. The van der Waals surface area contributed by atoms with Gasteiger partial charge in [-0.25, -0.2) is 9.78 Å². The van der Waals surface area contributed by atoms with Crippen molar-refractivity contribution < 1.29 is 9.53 Å². The number of anilines is 1. The van der Waals surface area contributed by atoms with E-state index < -0.39 is 0 Å². The zero-order valence-corrected chi connectivity index (χ0v) is 14.5. The number of esters is 1. The summed E-state index contributed by atoms with van der Waals surface area (Å²) in [6.07, 6.45) is 2.42. The third-order valence-electron chi connectivity index (χ3n) is 3.70. The molecule has 7 heteroatoms. The molecular weight excluding hydrogens is 324 g/mol. The van der Waals surface area contributed by atoms with Crippen molar-refractivity contribution in [2.75, 3.05) is 12.5 Å². The second kappa shape index (κ2) is 6.84. The summed E-state index contributed by atoms with van der Waals surface area (Å²) in [5.41, 5.74) is 6.77. The minimum atomic E-state index is -0.367. The first-order chi connectivity index (χ1) is 11.6. The number of hydrazone groups is 1. The average Bonchev–Trinajstić information content (AvgIpc) is 3.15. The SMILES string of the molecule is CCc1nc(N/N=C\c2c(C)[nH]c3ccccc23)sc1C(=O)OC. The molecule has 3 aromatic rings. The van der Waals surface area contributed by atoms with Crippen LogP contribution < -0.4 is 5.43 Å². The van der Waals surface area contributed by atoms with Crippen molar-refractivity contribution >= 4 is 39.6 Å². The Kier molecular flexibility index (Phi) is 4.61. The van der Waals surface area contributed by atoms with Crippen LogP contribution in [0.5, 0.6) is 0 Å². The largest absolute Gasteiger partial charge is 0.465 e. The Hall–Kier alpha value is -2.67. The van der Waals surface area contributed by atoms with Crippen LogP contribution in [0.15, 0.2) is 29.4 Å². The topological polar surface area (TPSA) is 79.4 Å². The van der Waals surface area contributed by atoms with E-state index >= 15 is 0 Å². The van der Waals surface area contributed by atoms with Gasteiger partial charge in [-0.15, -0.1) is 0 Å². The van der Waals surface area contributed by atoms with Crippen molar-refractivity contribution in [3.8, 4) is 0 Å². The van der Waals surface area contributed by atoms with Crippen LogP contribution in [-0.2, 0) is 11.2 Å². The zero-order chi connectivity index (χ0) is 17.1. The highest BCUT2D eigenvalue weighted by Crippen LogP contribution is 2.25. The zero-order valence-electron chi connectivity index (χ0n) is 13.7. The molecule has 0 unspecified atom stereocenters. The second-order valence-electron chi connectivity index (χ2n) is 5.22. The molecule has 2 heterocycles. The van der Waals surface area contributed by atoms with Crippen LogP contribution in [0.2, 0.25) is 0 Å². The maximum atomic E-state index is 11.7. The lowest BCUT2D eigenvalue weighted by molar-refractivity contribution is 0.0605. The number of benzene rings is 1. The Morgan fingerprint density at radius 2 is 2.25 bits per heavy atom. The molecule has 0 amide bonds. The number of para-hydroxylation sites is 1. The number of carbonyl (C=O) groups is 1. The van der Waals surface area contributed by atoms with Gasteiger partial charge in [0.2, 0.25) is 5.13 Å². The van der Waals surface area contributed by atoms with Gasteiger partial charge in [0.05, 0.1) is 19.0 Å². The van der Waals surface area contributed by atoms with E-state index in [1.54, 1.807) is 6.21 Å². The molecule has 0 bridgehead atoms. The van der Waals surface area contributed by atoms with Crippen LogP contribution in [0.1, 0.15) is 33.5 Å². The van der Waals surface area contributed by atoms with Crippen LogP contribution in [0.3, 0.4) is 0 Å². The molecule has 1 aromatic carbocycles. The van der Waals surface area contributed by atoms with E-state index in [1.807, 2.05) is 38.1 Å². The molecule has 24 heavy (non-hydrogen) atoms. The summed E-state index contributed by atoms with van der Waals surface area (Å²) in [4.78, 5) is 20.0. The molecule has 0 atom stereocenters. The van der Waals surface area contributed by atoms with Gasteiger partial charge < -0.3 is 9.72 Å². The van der Waals surface area contributed by atoms with E-state index in [0.29, 0.717) is 22.1 Å². The highest BCUT2D eigenvalue weighted by molar-refractivity contribution is 7.17. The number of fused-ring (bicyclic) bond motifs is 1. The number of aromatic amines is 1. The van der Waals surface area contributed by atoms with Gasteiger partial charge in [0.15, 0.2) is 0 Å². The fraction of sp³-hybridized carbons (Fsp3) is 0.235. The number of aryl methyl sites for hydroxylation is 2. The van der Waals surface area contributed by atoms with Crippen LogP contribution in [0, 0.1) is 6.92 Å². The number of H-pyrrole nitrogens is 1. The normalized spacial score (nSPS) is 11.3. The summed E-state index contributed by atoms with van der Waals surface area (Å²) in [6, 6.07) is 8.07. The van der Waals surface area contributed by atoms with Gasteiger partial charge >= 0.3 is 5.97 Å². The summed E-state index contributed by atoms with van der Waals surface area (Å²) in [6.45, 7) is 3.96. The molecule has 0 fully saturated rings. The minimum absolute atomic E-state index is 0.367. The van der Waals surface area contributed by atoms with Crippen LogP contribution in [0.4, 0.5) is 5.13 Å². The van der Waals surface area contributed by atoms with E-state index in [4.69, 9.17) is 4.74 Å². The average molecular weight is 342 g/mol. The summed E-state index contributed by atoms with van der Waals surface area (Å²) < 4.78 is 4.78. The molecule has 3 rings (SSSR count). The molecule has 0 radical (unpaired) electrons. The van der Waals surface area contributed by atoms with Crippen molar-refractivity contribution in [2.45, 2.75) is 20.3 Å². The Morgan fingerprint density at radius 3 is 3.00 bits per heavy atom. The molecule has 0 spiro atoms. The maximum absolute atomic E-state index is 11.7. The van der Waals surface area contributed by atoms with Crippen LogP contribution in [-0.4, -0.2) is 29.3 Å². The minimum Gasteiger partial charge on any atom is -0.465 e. The third-order valence-corrected chi connectivity index (χ3v) is 4.68. The summed E-state index contributed by atoms with van der Waals surface area (Å²) in [5.74, 6) is -0.367. The number of nitrogens with one attached hydrogen (secondary N) is 2. The van der Waals surface area contributed by atoms with Crippen molar-refractivity contribution in [2.24, 2.45) is 5.10 Å². The highest BCUT2D eigenvalue weighted by atomic mass is 32.1. The van der Waals surface area contributed by atoms with Gasteiger partial charge in [-0.2, -0.15) is 5.10 Å². The summed E-state index contributed by atoms with van der Waals surface area (Å²) >= 11 is 1.24. The molecule has 0 aliphatic heterocycles. The number of rotatable bonds is 5. The van der Waals surface area contributed by atoms with Gasteiger partial charge in [0.25, 0.3) is 0 Å². The first-order valence-electron chi connectivity index (χ1n) is 7.58. The lowest BCUT2D eigenvalue weighted by Gasteiger charge is -1.95. The lowest BCUT2D eigenvalue weighted by atomic mass is 10.1. The molecule has 2 N–H and O–H groups in total. The molecule has 0 aliphatic carbocycles. The molecule has 2 aromatic heterocycles. The fourth-order valence-electron chi connectivity index (χ4n) is 2.51. The number of thiazole rings is 1. The Balaban J connectivity index is 1.82. The Bertz CT molecular complexity index is 911. The Labute approximate surface area is 143 Å². The second-order valence-corrected chi connectivity index (χ2v) is 6.22. The first-order valence-corrected chi connectivity index (χ1v) is 8.40. The first kappa shape index (κ1) is 16.2. The van der Waals surface area contributed by atoms with Gasteiger partial charge in [-0.3, -0.25) is 5.43 Å². The predicted octanol–water partition coefficient (Wildman–Crippen LogP) is 3.73. The van der Waals surface area contributed by atoms with E-state index in [2.05, 4.69) is 20.5 Å². The number of hydrogen-bond acceptors (Lipinski definition) is 6. The number of ether oxygens (including phenoxy) is 1. The molecule has 0 saturated carbocycles. The maximum Gasteiger partial charge on any atom is 0.350 e. The van der Waals surface area contributed by atoms with Crippen molar-refractivity contribution in [3.05, 3.63) is 46.1 Å². The predicted molar refractivity (Wildman–Crippen MR) is 97.1 cm³/mol. The van der Waals surface area contributed by atoms with E-state index in [0.717, 1.165) is 22.2 Å². The number of aromatic nitrogens is 2. The molecule has 0 aliphatic rings. The van der Waals surface area contributed by atoms with E-state index in [-0.39, 0.29) is 5.97 Å². The summed E-state index contributed by atoms with van der Waals surface area (Å²) in [5, 5.41) is 5.96. The van der Waals surface area contributed by atoms with Gasteiger partial charge in [0.1, 0.15) is 4.88 Å². The molecular formula is C17H18N4O2S. The number of hydrogen-bond donors (Lipinski definition) is 2. The van der Waals surface area contributed by atoms with Gasteiger partial charge in [0, 0.05) is 22.2 Å². The summed E-state index contributed by atoms with van der Waals surface area (Å²) in [7, 11) is 1.37. The van der Waals surface area contributed by atoms with E-state index in [1.165, 1.54) is 18.4 Å². The van der Waals surface area contributed by atoms with Crippen LogP contribution in [0.25, 0.3) is 10.9 Å². The van der Waals surface area contributed by atoms with Crippen molar-refractivity contribution in [1.29, 1.82) is 0 Å². The fourth-order valence-corrected chi connectivity index (χ4v) is 3.43. The number of nitrogens with zero attached hydrogens (tertiary/aromatic N) is 2. The number of methoxy groups -OCH3 is 1. The van der Waals surface area contributed by atoms with Crippen LogP contribution >= 0.6 is 11.3 Å². The van der Waals surface area contributed by atoms with Gasteiger partial charge in [-0.05, 0) is 19.4 Å². The quantitative estimate of drug-likeness (QED) is 0.421. The lowest BCUT2D eigenvalue weighted by Crippen LogP contribution is -2.01. The smallest absolute Gasteiger partial charge is 0.350 e. The van der Waals surface area contributed by atoms with Gasteiger partial charge in [-0.1, -0.05) is 36.5 Å². The van der Waals surface area contributed by atoms with Crippen molar-refractivity contribution in [3.63, 3.8) is 0 Å². The molecule has 6 nitrogen and oxygen atoms in total. The highest BCUT2D eigenvalue weighted by Gasteiger charge is 2.17. The van der Waals surface area contributed by atoms with Crippen molar-refractivity contribution in [1.82, 2.24) is 9.97 Å². The molecule has 124 valence electrons. The third kappa shape index (κ3) is 3.03.